The van der Waals surface area contributed by atoms with Gasteiger partial charge >= 0.3 is 0 Å². The summed E-state index contributed by atoms with van der Waals surface area (Å²) in [6.07, 6.45) is -0.108. The molecular weight excluding hydrogens is 254 g/mol. The van der Waals surface area contributed by atoms with E-state index in [0.29, 0.717) is 17.9 Å². The Morgan fingerprint density at radius 2 is 1.95 bits per heavy atom. The lowest BCUT2D eigenvalue weighted by molar-refractivity contribution is -0.121. The van der Waals surface area contributed by atoms with Gasteiger partial charge in [-0.05, 0) is 37.1 Å². The number of nitrogens with one attached hydrogen (secondary N) is 1. The van der Waals surface area contributed by atoms with E-state index in [2.05, 4.69) is 11.4 Å². The van der Waals surface area contributed by atoms with Gasteiger partial charge in [0.25, 0.3) is 0 Å². The largest absolute Gasteiger partial charge is 0.489 e. The highest BCUT2D eigenvalue weighted by Crippen LogP contribution is 2.13. The molecule has 0 saturated carbocycles. The molecular formula is C15H21N3O2. The van der Waals surface area contributed by atoms with Crippen LogP contribution in [0.1, 0.15) is 26.3 Å². The summed E-state index contributed by atoms with van der Waals surface area (Å²) in [5.74, 6) is 0.471. The lowest BCUT2D eigenvalue weighted by atomic mass is 10.0. The van der Waals surface area contributed by atoms with Crippen molar-refractivity contribution in [3.05, 3.63) is 29.8 Å². The molecule has 5 heteroatoms. The molecule has 0 spiro atoms. The van der Waals surface area contributed by atoms with Crippen LogP contribution in [0.4, 0.5) is 0 Å². The van der Waals surface area contributed by atoms with Crippen LogP contribution in [0.2, 0.25) is 0 Å². The van der Waals surface area contributed by atoms with Gasteiger partial charge in [-0.3, -0.25) is 4.79 Å². The maximum absolute atomic E-state index is 11.3. The molecule has 108 valence electrons. The number of primary amides is 1. The Balaban J connectivity index is 2.48. The molecule has 1 amide bonds. The van der Waals surface area contributed by atoms with E-state index in [0.717, 1.165) is 0 Å². The fraction of sp³-hybridized carbons (Fsp3) is 0.467. The Kier molecular flexibility index (Phi) is 6.01. The van der Waals surface area contributed by atoms with Crippen molar-refractivity contribution in [3.63, 3.8) is 0 Å². The standard InChI is InChI=1S/C15H21N3O2/c1-10(2)14(15(17)19)18-9-11(3)20-13-6-4-12(8-16)5-7-13/h4-7,10-11,14,18H,9H2,1-3H3,(H2,17,19)/t11?,14-/m0/s1. The molecule has 2 atom stereocenters. The van der Waals surface area contributed by atoms with Gasteiger partial charge in [0.2, 0.25) is 5.91 Å². The van der Waals surface area contributed by atoms with Gasteiger partial charge in [-0.15, -0.1) is 0 Å². The number of nitriles is 1. The maximum atomic E-state index is 11.3. The Bertz CT molecular complexity index is 477. The topological polar surface area (TPSA) is 88.1 Å². The number of benzene rings is 1. The lowest BCUT2D eigenvalue weighted by Crippen LogP contribution is -2.47. The number of carbonyl (C=O) groups is 1. The summed E-state index contributed by atoms with van der Waals surface area (Å²) >= 11 is 0. The molecule has 0 aliphatic carbocycles. The highest BCUT2D eigenvalue weighted by Gasteiger charge is 2.19. The van der Waals surface area contributed by atoms with Crippen molar-refractivity contribution in [1.29, 1.82) is 5.26 Å². The predicted octanol–water partition coefficient (Wildman–Crippen LogP) is 1.43. The molecule has 0 heterocycles. The average Bonchev–Trinajstić information content (AvgIpc) is 2.39. The first-order chi connectivity index (χ1) is 9.43. The summed E-state index contributed by atoms with van der Waals surface area (Å²) in [6, 6.07) is 8.61. The Morgan fingerprint density at radius 3 is 2.40 bits per heavy atom. The summed E-state index contributed by atoms with van der Waals surface area (Å²) in [6.45, 7) is 6.30. The number of nitrogens with zero attached hydrogens (tertiary/aromatic N) is 1. The molecule has 1 aromatic carbocycles. The molecule has 0 bridgehead atoms. The van der Waals surface area contributed by atoms with Gasteiger partial charge in [0.05, 0.1) is 17.7 Å². The number of hydrogen-bond acceptors (Lipinski definition) is 4. The van der Waals surface area contributed by atoms with Gasteiger partial charge in [-0.2, -0.15) is 5.26 Å². The van der Waals surface area contributed by atoms with Crippen LogP contribution in [-0.4, -0.2) is 24.6 Å². The number of hydrogen-bond donors (Lipinski definition) is 2. The molecule has 1 rings (SSSR count). The Hall–Kier alpha value is -2.06. The number of amides is 1. The zero-order valence-electron chi connectivity index (χ0n) is 12.1. The fourth-order valence-corrected chi connectivity index (χ4v) is 1.84. The smallest absolute Gasteiger partial charge is 0.234 e. The molecule has 0 aromatic heterocycles. The Morgan fingerprint density at radius 1 is 1.35 bits per heavy atom. The third-order valence-electron chi connectivity index (χ3n) is 2.92. The number of nitrogens with two attached hydrogens (primary N) is 1. The minimum atomic E-state index is -0.359. The number of ether oxygens (including phenoxy) is 1. The van der Waals surface area contributed by atoms with Crippen LogP contribution in [0, 0.1) is 17.2 Å². The summed E-state index contributed by atoms with van der Waals surface area (Å²) in [5, 5.41) is 11.8. The second kappa shape index (κ2) is 7.51. The maximum Gasteiger partial charge on any atom is 0.234 e. The molecule has 0 aliphatic heterocycles. The first-order valence-corrected chi connectivity index (χ1v) is 6.63. The third-order valence-corrected chi connectivity index (χ3v) is 2.92. The van der Waals surface area contributed by atoms with Crippen LogP contribution in [0.25, 0.3) is 0 Å². The van der Waals surface area contributed by atoms with Crippen LogP contribution < -0.4 is 15.8 Å². The monoisotopic (exact) mass is 275 g/mol. The zero-order chi connectivity index (χ0) is 15.1. The molecule has 0 fully saturated rings. The van der Waals surface area contributed by atoms with Gasteiger partial charge in [-0.25, -0.2) is 0 Å². The van der Waals surface area contributed by atoms with E-state index < -0.39 is 0 Å². The van der Waals surface area contributed by atoms with Gasteiger partial charge in [0, 0.05) is 6.54 Å². The van der Waals surface area contributed by atoms with Crippen molar-refractivity contribution in [2.45, 2.75) is 32.9 Å². The summed E-state index contributed by atoms with van der Waals surface area (Å²) in [4.78, 5) is 11.3. The summed E-state index contributed by atoms with van der Waals surface area (Å²) in [7, 11) is 0. The van der Waals surface area contributed by atoms with Crippen LogP contribution in [0.5, 0.6) is 5.75 Å². The van der Waals surface area contributed by atoms with Crippen LogP contribution >= 0.6 is 0 Å². The van der Waals surface area contributed by atoms with Crippen molar-refractivity contribution in [1.82, 2.24) is 5.32 Å². The van der Waals surface area contributed by atoms with Crippen molar-refractivity contribution < 1.29 is 9.53 Å². The fourth-order valence-electron chi connectivity index (χ4n) is 1.84. The summed E-state index contributed by atoms with van der Waals surface area (Å²) in [5.41, 5.74) is 5.93. The molecule has 0 radical (unpaired) electrons. The molecule has 5 nitrogen and oxygen atoms in total. The molecule has 1 unspecified atom stereocenters. The van der Waals surface area contributed by atoms with E-state index in [4.69, 9.17) is 15.7 Å². The van der Waals surface area contributed by atoms with E-state index in [1.807, 2.05) is 20.8 Å². The van der Waals surface area contributed by atoms with Crippen molar-refractivity contribution in [3.8, 4) is 11.8 Å². The van der Waals surface area contributed by atoms with E-state index >= 15 is 0 Å². The Labute approximate surface area is 119 Å². The van der Waals surface area contributed by atoms with E-state index in [1.165, 1.54) is 0 Å². The van der Waals surface area contributed by atoms with Gasteiger partial charge < -0.3 is 15.8 Å². The number of rotatable bonds is 7. The normalized spacial score (nSPS) is 13.6. The predicted molar refractivity (Wildman–Crippen MR) is 77.1 cm³/mol. The van der Waals surface area contributed by atoms with E-state index in [-0.39, 0.29) is 24.0 Å². The van der Waals surface area contributed by atoms with Gasteiger partial charge in [0.1, 0.15) is 11.9 Å². The second-order valence-electron chi connectivity index (χ2n) is 5.10. The van der Waals surface area contributed by atoms with E-state index in [9.17, 15) is 4.79 Å². The zero-order valence-corrected chi connectivity index (χ0v) is 12.1. The second-order valence-corrected chi connectivity index (χ2v) is 5.10. The quantitative estimate of drug-likeness (QED) is 0.787. The molecule has 0 aliphatic rings. The third kappa shape index (κ3) is 4.90. The molecule has 20 heavy (non-hydrogen) atoms. The van der Waals surface area contributed by atoms with E-state index in [1.54, 1.807) is 24.3 Å². The molecule has 3 N–H and O–H groups in total. The summed E-state index contributed by atoms with van der Waals surface area (Å²) < 4.78 is 5.70. The van der Waals surface area contributed by atoms with Crippen molar-refractivity contribution in [2.24, 2.45) is 11.7 Å². The first-order valence-electron chi connectivity index (χ1n) is 6.63. The molecule has 0 saturated heterocycles. The lowest BCUT2D eigenvalue weighted by Gasteiger charge is -2.22. The molecule has 1 aromatic rings. The van der Waals surface area contributed by atoms with Crippen LogP contribution in [0.15, 0.2) is 24.3 Å². The SMILES string of the molecule is CC(CN[C@H](C(N)=O)C(C)C)Oc1ccc(C#N)cc1. The minimum absolute atomic E-state index is 0.108. The van der Waals surface area contributed by atoms with Crippen LogP contribution in [0.3, 0.4) is 0 Å². The first kappa shape index (κ1) is 16.0. The minimum Gasteiger partial charge on any atom is -0.489 e. The van der Waals surface area contributed by atoms with Gasteiger partial charge in [0.15, 0.2) is 0 Å². The van der Waals surface area contributed by atoms with Crippen LogP contribution in [-0.2, 0) is 4.79 Å². The van der Waals surface area contributed by atoms with Crippen molar-refractivity contribution >= 4 is 5.91 Å². The highest BCUT2D eigenvalue weighted by atomic mass is 16.5. The highest BCUT2D eigenvalue weighted by molar-refractivity contribution is 5.80. The number of carbonyl (C=O) groups excluding carboxylic acids is 1. The van der Waals surface area contributed by atoms with Crippen molar-refractivity contribution in [2.75, 3.05) is 6.54 Å². The average molecular weight is 275 g/mol. The van der Waals surface area contributed by atoms with Gasteiger partial charge in [-0.1, -0.05) is 13.8 Å².